The highest BCUT2D eigenvalue weighted by Gasteiger charge is 2.15. The molecule has 174 valence electrons. The Bertz CT molecular complexity index is 1320. The average Bonchev–Trinajstić information content (AvgIpc) is 3.22. The van der Waals surface area contributed by atoms with Gasteiger partial charge in [-0.2, -0.15) is 0 Å². The van der Waals surface area contributed by atoms with Gasteiger partial charge >= 0.3 is 0 Å². The Balaban J connectivity index is 1.52. The number of thiocarbonyl (C=S) groups is 1. The Labute approximate surface area is 203 Å². The number of methoxy groups -OCH3 is 1. The summed E-state index contributed by atoms with van der Waals surface area (Å²) in [5.41, 5.74) is 5.59. The van der Waals surface area contributed by atoms with Crippen molar-refractivity contribution in [2.45, 2.75) is 20.8 Å². The number of ether oxygens (including phenoxy) is 2. The number of nitrogens with zero attached hydrogens (tertiary/aromatic N) is 1. The van der Waals surface area contributed by atoms with Crippen LogP contribution < -0.4 is 20.1 Å². The summed E-state index contributed by atoms with van der Waals surface area (Å²) in [5, 5.41) is 5.86. The van der Waals surface area contributed by atoms with E-state index in [4.69, 9.17) is 26.1 Å². The van der Waals surface area contributed by atoms with Crippen LogP contribution in [0.5, 0.6) is 11.5 Å². The summed E-state index contributed by atoms with van der Waals surface area (Å²) >= 11 is 5.37. The summed E-state index contributed by atoms with van der Waals surface area (Å²) in [6.07, 6.45) is 0. The number of hydrogen-bond acceptors (Lipinski definition) is 6. The molecule has 4 aromatic rings. The lowest BCUT2D eigenvalue weighted by atomic mass is 10.1. The van der Waals surface area contributed by atoms with Crippen LogP contribution in [-0.4, -0.2) is 29.7 Å². The first kappa shape index (κ1) is 23.3. The van der Waals surface area contributed by atoms with Gasteiger partial charge in [0.2, 0.25) is 5.89 Å². The van der Waals surface area contributed by atoms with Crippen molar-refractivity contribution in [2.24, 2.45) is 0 Å². The molecule has 0 saturated carbocycles. The summed E-state index contributed by atoms with van der Waals surface area (Å²) in [6.45, 7) is 6.54. The molecule has 0 saturated heterocycles. The van der Waals surface area contributed by atoms with Crippen molar-refractivity contribution in [3.05, 3.63) is 71.3 Å². The molecule has 0 aliphatic carbocycles. The van der Waals surface area contributed by atoms with Crippen molar-refractivity contribution in [1.82, 2.24) is 10.3 Å². The average molecular weight is 476 g/mol. The first-order chi connectivity index (χ1) is 16.4. The second-order valence-corrected chi connectivity index (χ2v) is 8.11. The van der Waals surface area contributed by atoms with Gasteiger partial charge in [0.15, 0.2) is 10.7 Å². The number of benzene rings is 3. The van der Waals surface area contributed by atoms with Crippen LogP contribution in [0.2, 0.25) is 0 Å². The monoisotopic (exact) mass is 475 g/mol. The van der Waals surface area contributed by atoms with Crippen molar-refractivity contribution < 1.29 is 18.7 Å². The largest absolute Gasteiger partial charge is 0.495 e. The zero-order chi connectivity index (χ0) is 24.2. The highest BCUT2D eigenvalue weighted by molar-refractivity contribution is 7.80. The van der Waals surface area contributed by atoms with Gasteiger partial charge in [-0.1, -0.05) is 0 Å². The molecule has 0 radical (unpaired) electrons. The van der Waals surface area contributed by atoms with Crippen LogP contribution in [0, 0.1) is 13.8 Å². The summed E-state index contributed by atoms with van der Waals surface area (Å²) in [7, 11) is 1.56. The Morgan fingerprint density at radius 3 is 2.50 bits per heavy atom. The second-order valence-electron chi connectivity index (χ2n) is 7.70. The number of carbonyl (C=O) groups excluding carboxylic acids is 1. The predicted octanol–water partition coefficient (Wildman–Crippen LogP) is 5.65. The minimum atomic E-state index is -0.333. The molecule has 2 N–H and O–H groups in total. The third-order valence-corrected chi connectivity index (χ3v) is 5.56. The lowest BCUT2D eigenvalue weighted by Gasteiger charge is -2.14. The molecule has 0 fully saturated rings. The summed E-state index contributed by atoms with van der Waals surface area (Å²) in [6, 6.07) is 16.3. The number of rotatable bonds is 6. The highest BCUT2D eigenvalue weighted by atomic mass is 32.1. The van der Waals surface area contributed by atoms with Gasteiger partial charge in [-0.3, -0.25) is 10.1 Å². The van der Waals surface area contributed by atoms with Crippen molar-refractivity contribution in [3.8, 4) is 23.0 Å². The number of nitrogens with one attached hydrogen (secondary N) is 2. The first-order valence-corrected chi connectivity index (χ1v) is 11.2. The number of carbonyl (C=O) groups is 1. The maximum atomic E-state index is 12.6. The molecule has 4 rings (SSSR count). The van der Waals surface area contributed by atoms with E-state index in [0.717, 1.165) is 27.8 Å². The van der Waals surface area contributed by atoms with Crippen LogP contribution in [0.15, 0.2) is 59.0 Å². The van der Waals surface area contributed by atoms with E-state index in [9.17, 15) is 4.79 Å². The number of hydrogen-bond donors (Lipinski definition) is 2. The summed E-state index contributed by atoms with van der Waals surface area (Å²) in [5.74, 6) is 1.41. The van der Waals surface area contributed by atoms with Crippen LogP contribution in [0.4, 0.5) is 5.69 Å². The molecule has 0 atom stereocenters. The van der Waals surface area contributed by atoms with Crippen LogP contribution in [0.25, 0.3) is 22.6 Å². The van der Waals surface area contributed by atoms with Gasteiger partial charge in [-0.05, 0) is 98.7 Å². The zero-order valence-corrected chi connectivity index (χ0v) is 20.2. The van der Waals surface area contributed by atoms with Gasteiger partial charge in [0.1, 0.15) is 17.0 Å². The number of fused-ring (bicyclic) bond motifs is 1. The molecule has 8 heteroatoms. The lowest BCUT2D eigenvalue weighted by molar-refractivity contribution is 0.0977. The number of amides is 1. The minimum absolute atomic E-state index is 0.137. The standard InChI is InChI=1S/C26H25N3O4S/c1-5-32-19-9-6-17(7-10-19)24(30)29-26(34)28-21-14-18(8-11-22(21)31-4)25-27-20-12-15(2)16(3)13-23(20)33-25/h6-14H,5H2,1-4H3,(H2,28,29,30,34). The van der Waals surface area contributed by atoms with Crippen molar-refractivity contribution in [1.29, 1.82) is 0 Å². The van der Waals surface area contributed by atoms with Crippen LogP contribution >= 0.6 is 12.2 Å². The van der Waals surface area contributed by atoms with E-state index in [-0.39, 0.29) is 11.0 Å². The molecule has 0 unspecified atom stereocenters. The van der Waals surface area contributed by atoms with Gasteiger partial charge < -0.3 is 19.2 Å². The van der Waals surface area contributed by atoms with E-state index in [2.05, 4.69) is 15.6 Å². The number of anilines is 1. The predicted molar refractivity (Wildman–Crippen MR) is 137 cm³/mol. The van der Waals surface area contributed by atoms with Gasteiger partial charge in [-0.15, -0.1) is 0 Å². The molecule has 0 aliphatic heterocycles. The molecule has 0 spiro atoms. The third-order valence-electron chi connectivity index (χ3n) is 5.35. The highest BCUT2D eigenvalue weighted by Crippen LogP contribution is 2.32. The van der Waals surface area contributed by atoms with E-state index in [1.165, 1.54) is 0 Å². The van der Waals surface area contributed by atoms with Crippen LogP contribution in [-0.2, 0) is 0 Å². The summed E-state index contributed by atoms with van der Waals surface area (Å²) in [4.78, 5) is 17.2. The fraction of sp³-hybridized carbons (Fsp3) is 0.192. The minimum Gasteiger partial charge on any atom is -0.495 e. The first-order valence-electron chi connectivity index (χ1n) is 10.8. The zero-order valence-electron chi connectivity index (χ0n) is 19.4. The Morgan fingerprint density at radius 2 is 1.79 bits per heavy atom. The molecule has 3 aromatic carbocycles. The van der Waals surface area contributed by atoms with Gasteiger partial charge in [0.25, 0.3) is 5.91 Å². The van der Waals surface area contributed by atoms with E-state index < -0.39 is 0 Å². The topological polar surface area (TPSA) is 85.6 Å². The number of aryl methyl sites for hydroxylation is 2. The van der Waals surface area contributed by atoms with Crippen LogP contribution in [0.1, 0.15) is 28.4 Å². The Morgan fingerprint density at radius 1 is 1.06 bits per heavy atom. The third kappa shape index (κ3) is 5.02. The molecular formula is C26H25N3O4S. The molecular weight excluding hydrogens is 450 g/mol. The second kappa shape index (κ2) is 9.93. The normalized spacial score (nSPS) is 10.7. The smallest absolute Gasteiger partial charge is 0.257 e. The SMILES string of the molecule is CCOc1ccc(C(=O)NC(=S)Nc2cc(-c3nc4cc(C)c(C)cc4o3)ccc2OC)cc1. The van der Waals surface area contributed by atoms with Crippen LogP contribution in [0.3, 0.4) is 0 Å². The van der Waals surface area contributed by atoms with Crippen molar-refractivity contribution >= 4 is 40.0 Å². The van der Waals surface area contributed by atoms with Crippen molar-refractivity contribution in [3.63, 3.8) is 0 Å². The molecule has 34 heavy (non-hydrogen) atoms. The van der Waals surface area contributed by atoms with Gasteiger partial charge in [-0.25, -0.2) is 4.98 Å². The van der Waals surface area contributed by atoms with E-state index in [1.54, 1.807) is 37.4 Å². The fourth-order valence-corrected chi connectivity index (χ4v) is 3.64. The fourth-order valence-electron chi connectivity index (χ4n) is 3.44. The van der Waals surface area contributed by atoms with Gasteiger partial charge in [0, 0.05) is 11.1 Å². The lowest BCUT2D eigenvalue weighted by Crippen LogP contribution is -2.34. The number of oxazole rings is 1. The molecule has 1 amide bonds. The van der Waals surface area contributed by atoms with E-state index in [0.29, 0.717) is 35.2 Å². The molecule has 1 heterocycles. The Hall–Kier alpha value is -3.91. The molecule has 0 bridgehead atoms. The molecule has 1 aromatic heterocycles. The van der Waals surface area contributed by atoms with Gasteiger partial charge in [0.05, 0.1) is 19.4 Å². The maximum Gasteiger partial charge on any atom is 0.257 e. The maximum absolute atomic E-state index is 12.6. The molecule has 7 nitrogen and oxygen atoms in total. The van der Waals surface area contributed by atoms with Crippen molar-refractivity contribution in [2.75, 3.05) is 19.0 Å². The van der Waals surface area contributed by atoms with E-state index >= 15 is 0 Å². The Kier molecular flexibility index (Phi) is 6.79. The molecule has 0 aliphatic rings. The number of aromatic nitrogens is 1. The summed E-state index contributed by atoms with van der Waals surface area (Å²) < 4.78 is 16.8. The quantitative estimate of drug-likeness (QED) is 0.349. The van der Waals surface area contributed by atoms with E-state index in [1.807, 2.05) is 45.0 Å².